The number of aryl methyl sites for hydroxylation is 1. The highest BCUT2D eigenvalue weighted by Gasteiger charge is 2.34. The molecule has 20 heavy (non-hydrogen) atoms. The van der Waals surface area contributed by atoms with Crippen molar-refractivity contribution in [3.8, 4) is 0 Å². The van der Waals surface area contributed by atoms with Gasteiger partial charge in [-0.05, 0) is 31.4 Å². The number of halogens is 1. The lowest BCUT2D eigenvalue weighted by Crippen LogP contribution is -2.35. The van der Waals surface area contributed by atoms with Crippen molar-refractivity contribution in [1.82, 2.24) is 0 Å². The average molecular weight is 277 g/mol. The fourth-order valence-electron chi connectivity index (χ4n) is 2.38. The van der Waals surface area contributed by atoms with Gasteiger partial charge in [0.2, 0.25) is 5.91 Å². The Morgan fingerprint density at radius 1 is 1.25 bits per heavy atom. The van der Waals surface area contributed by atoms with E-state index in [-0.39, 0.29) is 5.69 Å². The van der Waals surface area contributed by atoms with Crippen molar-refractivity contribution in [3.63, 3.8) is 0 Å². The third-order valence-corrected chi connectivity index (χ3v) is 3.56. The van der Waals surface area contributed by atoms with Crippen molar-refractivity contribution in [2.24, 2.45) is 11.8 Å². The van der Waals surface area contributed by atoms with Crippen molar-refractivity contribution in [2.45, 2.75) is 19.8 Å². The summed E-state index contributed by atoms with van der Waals surface area (Å²) >= 11 is 0. The van der Waals surface area contributed by atoms with E-state index in [1.54, 1.807) is 31.2 Å². The van der Waals surface area contributed by atoms with Crippen molar-refractivity contribution in [1.29, 1.82) is 0 Å². The Bertz CT molecular complexity index is 548. The number of carbonyl (C=O) groups excluding carboxylic acids is 1. The first-order valence-electron chi connectivity index (χ1n) is 6.44. The molecule has 0 heterocycles. The molecule has 0 fully saturated rings. The molecular formula is C15H16FNO3. The molecule has 0 unspecified atom stereocenters. The molecule has 106 valence electrons. The Morgan fingerprint density at radius 2 is 1.90 bits per heavy atom. The summed E-state index contributed by atoms with van der Waals surface area (Å²) in [6, 6.07) is 4.51. The summed E-state index contributed by atoms with van der Waals surface area (Å²) in [6.07, 6.45) is 4.23. The van der Waals surface area contributed by atoms with Gasteiger partial charge in [-0.2, -0.15) is 0 Å². The van der Waals surface area contributed by atoms with E-state index >= 15 is 0 Å². The van der Waals surface area contributed by atoms with Crippen LogP contribution in [0.4, 0.5) is 10.1 Å². The quantitative estimate of drug-likeness (QED) is 0.835. The number of rotatable bonds is 3. The molecule has 1 aliphatic rings. The first-order valence-corrected chi connectivity index (χ1v) is 6.44. The van der Waals surface area contributed by atoms with Crippen LogP contribution in [0.15, 0.2) is 30.4 Å². The molecule has 2 N–H and O–H groups in total. The second-order valence-corrected chi connectivity index (χ2v) is 4.92. The van der Waals surface area contributed by atoms with E-state index < -0.39 is 29.5 Å². The van der Waals surface area contributed by atoms with Gasteiger partial charge in [-0.3, -0.25) is 9.59 Å². The van der Waals surface area contributed by atoms with E-state index in [0.29, 0.717) is 18.4 Å². The minimum atomic E-state index is -1.00. The van der Waals surface area contributed by atoms with E-state index in [1.807, 2.05) is 0 Å². The first-order chi connectivity index (χ1) is 9.50. The zero-order chi connectivity index (χ0) is 14.7. The van der Waals surface area contributed by atoms with Gasteiger partial charge in [0.25, 0.3) is 0 Å². The molecule has 1 amide bonds. The maximum Gasteiger partial charge on any atom is 0.307 e. The van der Waals surface area contributed by atoms with Gasteiger partial charge in [0.1, 0.15) is 5.82 Å². The lowest BCUT2D eigenvalue weighted by atomic mass is 9.82. The lowest BCUT2D eigenvalue weighted by molar-refractivity contribution is -0.146. The van der Waals surface area contributed by atoms with Crippen LogP contribution in [0.5, 0.6) is 0 Å². The smallest absolute Gasteiger partial charge is 0.307 e. The molecule has 0 saturated heterocycles. The summed E-state index contributed by atoms with van der Waals surface area (Å²) < 4.78 is 13.7. The standard InChI is InChI=1S/C15H16FNO3/c1-9-5-4-8-12(16)13(9)17-14(18)10-6-2-3-7-11(10)15(19)20/h2-5,8,10-11H,6-7H2,1H3,(H,17,18)(H,19,20)/t10-,11+/m1/s1. The number of nitrogens with one attached hydrogen (secondary N) is 1. The number of benzene rings is 1. The molecule has 2 rings (SSSR count). The number of carbonyl (C=O) groups is 2. The van der Waals surface area contributed by atoms with Crippen LogP contribution in [0.3, 0.4) is 0 Å². The van der Waals surface area contributed by atoms with Gasteiger partial charge in [-0.25, -0.2) is 4.39 Å². The van der Waals surface area contributed by atoms with Crippen LogP contribution < -0.4 is 5.32 Å². The molecule has 0 bridgehead atoms. The molecule has 0 saturated carbocycles. The predicted molar refractivity (Wildman–Crippen MR) is 72.8 cm³/mol. The van der Waals surface area contributed by atoms with E-state index in [0.717, 1.165) is 0 Å². The van der Waals surface area contributed by atoms with Crippen LogP contribution >= 0.6 is 0 Å². The molecule has 5 heteroatoms. The third-order valence-electron chi connectivity index (χ3n) is 3.56. The zero-order valence-electron chi connectivity index (χ0n) is 11.1. The maximum absolute atomic E-state index is 13.7. The summed E-state index contributed by atoms with van der Waals surface area (Å²) in [4.78, 5) is 23.4. The first kappa shape index (κ1) is 14.2. The fraction of sp³-hybridized carbons (Fsp3) is 0.333. The molecule has 0 aromatic heterocycles. The Balaban J connectivity index is 2.19. The maximum atomic E-state index is 13.7. The minimum Gasteiger partial charge on any atom is -0.481 e. The number of carboxylic acids is 1. The number of carboxylic acid groups (broad SMARTS) is 1. The highest BCUT2D eigenvalue weighted by Crippen LogP contribution is 2.28. The number of aliphatic carboxylic acids is 1. The number of hydrogen-bond acceptors (Lipinski definition) is 2. The number of para-hydroxylation sites is 1. The third kappa shape index (κ3) is 2.87. The van der Waals surface area contributed by atoms with Gasteiger partial charge < -0.3 is 10.4 Å². The highest BCUT2D eigenvalue weighted by molar-refractivity contribution is 5.96. The van der Waals surface area contributed by atoms with Crippen LogP contribution in [-0.2, 0) is 9.59 Å². The topological polar surface area (TPSA) is 66.4 Å². The van der Waals surface area contributed by atoms with Gasteiger partial charge in [0.05, 0.1) is 17.5 Å². The summed E-state index contributed by atoms with van der Waals surface area (Å²) in [5.74, 6) is -3.39. The van der Waals surface area contributed by atoms with Gasteiger partial charge in [-0.15, -0.1) is 0 Å². The van der Waals surface area contributed by atoms with Gasteiger partial charge in [-0.1, -0.05) is 24.3 Å². The van der Waals surface area contributed by atoms with E-state index in [9.17, 15) is 14.0 Å². The Morgan fingerprint density at radius 3 is 2.50 bits per heavy atom. The molecule has 1 aliphatic carbocycles. The van der Waals surface area contributed by atoms with E-state index in [1.165, 1.54) is 6.07 Å². The summed E-state index contributed by atoms with van der Waals surface area (Å²) in [6.45, 7) is 1.69. The van der Waals surface area contributed by atoms with Crippen LogP contribution in [0.1, 0.15) is 18.4 Å². The van der Waals surface area contributed by atoms with Crippen molar-refractivity contribution in [3.05, 3.63) is 41.7 Å². The second kappa shape index (κ2) is 5.86. The summed E-state index contributed by atoms with van der Waals surface area (Å²) in [5.41, 5.74) is 0.729. The monoisotopic (exact) mass is 277 g/mol. The van der Waals surface area contributed by atoms with E-state index in [4.69, 9.17) is 5.11 Å². The predicted octanol–water partition coefficient (Wildman–Crippen LogP) is 2.74. The van der Waals surface area contributed by atoms with E-state index in [2.05, 4.69) is 5.32 Å². The largest absolute Gasteiger partial charge is 0.481 e. The molecule has 0 spiro atoms. The molecule has 1 aromatic rings. The van der Waals surface area contributed by atoms with Crippen LogP contribution in [0.25, 0.3) is 0 Å². The van der Waals surface area contributed by atoms with Gasteiger partial charge in [0, 0.05) is 0 Å². The van der Waals surface area contributed by atoms with Crippen LogP contribution in [0, 0.1) is 24.6 Å². The molecular weight excluding hydrogens is 261 g/mol. The number of anilines is 1. The van der Waals surface area contributed by atoms with Crippen molar-refractivity contribution < 1.29 is 19.1 Å². The highest BCUT2D eigenvalue weighted by atomic mass is 19.1. The Hall–Kier alpha value is -2.17. The zero-order valence-corrected chi connectivity index (χ0v) is 11.1. The number of amides is 1. The van der Waals surface area contributed by atoms with Gasteiger partial charge >= 0.3 is 5.97 Å². The number of hydrogen-bond donors (Lipinski definition) is 2. The summed E-state index contributed by atoms with van der Waals surface area (Å²) in [7, 11) is 0. The molecule has 1 aromatic carbocycles. The SMILES string of the molecule is Cc1cccc(F)c1NC(=O)[C@@H]1CC=CC[C@@H]1C(=O)O. The normalized spacial score (nSPS) is 21.5. The van der Waals surface area contributed by atoms with Crippen molar-refractivity contribution >= 4 is 17.6 Å². The van der Waals surface area contributed by atoms with Gasteiger partial charge in [0.15, 0.2) is 0 Å². The number of allylic oxidation sites excluding steroid dienone is 2. The molecule has 2 atom stereocenters. The molecule has 0 aliphatic heterocycles. The van der Waals surface area contributed by atoms with Crippen LogP contribution in [-0.4, -0.2) is 17.0 Å². The minimum absolute atomic E-state index is 0.121. The Labute approximate surface area is 116 Å². The fourth-order valence-corrected chi connectivity index (χ4v) is 2.38. The van der Waals surface area contributed by atoms with Crippen LogP contribution in [0.2, 0.25) is 0 Å². The average Bonchev–Trinajstić information content (AvgIpc) is 2.43. The molecule has 0 radical (unpaired) electrons. The lowest BCUT2D eigenvalue weighted by Gasteiger charge is -2.24. The Kier molecular flexibility index (Phi) is 4.17. The second-order valence-electron chi connectivity index (χ2n) is 4.92. The van der Waals surface area contributed by atoms with Crippen molar-refractivity contribution in [2.75, 3.05) is 5.32 Å². The molecule has 4 nitrogen and oxygen atoms in total. The summed E-state index contributed by atoms with van der Waals surface area (Å²) in [5, 5.41) is 11.7.